The number of ether oxygens (including phenoxy) is 1. The molecule has 1 aliphatic heterocycles. The molecule has 6 nitrogen and oxygen atoms in total. The number of fused-ring (bicyclic) bond motifs is 1. The van der Waals surface area contributed by atoms with E-state index in [1.807, 2.05) is 24.1 Å². The number of imidazole rings is 1. The lowest BCUT2D eigenvalue weighted by molar-refractivity contribution is -0.119. The Bertz CT molecular complexity index is 824. The molecule has 1 amide bonds. The van der Waals surface area contributed by atoms with Crippen molar-refractivity contribution in [2.75, 3.05) is 13.2 Å². The minimum absolute atomic E-state index is 0.141. The predicted octanol–water partition coefficient (Wildman–Crippen LogP) is 2.83. The van der Waals surface area contributed by atoms with Crippen LogP contribution in [0.4, 0.5) is 0 Å². The van der Waals surface area contributed by atoms with Crippen molar-refractivity contribution in [3.63, 3.8) is 0 Å². The van der Waals surface area contributed by atoms with Gasteiger partial charge in [0.25, 0.3) is 0 Å². The standard InChI is InChI=1S/C19H24N4O2/c1-23-12-22-17-15(14-5-3-2-4-6-14)11-21-19(18(17)23)25-8-7-13-9-16(24)20-10-13/h5,11-13H,2-4,6-10H2,1H3,(H,20,24)/t13-/m1/s1. The Morgan fingerprint density at radius 2 is 2.28 bits per heavy atom. The van der Waals surface area contributed by atoms with Gasteiger partial charge in [-0.15, -0.1) is 0 Å². The number of pyridine rings is 1. The largest absolute Gasteiger partial charge is 0.476 e. The minimum atomic E-state index is 0.141. The summed E-state index contributed by atoms with van der Waals surface area (Å²) in [5.41, 5.74) is 4.40. The predicted molar refractivity (Wildman–Crippen MR) is 96.2 cm³/mol. The molecule has 0 radical (unpaired) electrons. The third-order valence-corrected chi connectivity index (χ3v) is 5.17. The van der Waals surface area contributed by atoms with Crippen LogP contribution in [0.15, 0.2) is 18.6 Å². The Morgan fingerprint density at radius 1 is 1.36 bits per heavy atom. The first-order chi connectivity index (χ1) is 12.2. The number of nitrogens with one attached hydrogen (secondary N) is 1. The van der Waals surface area contributed by atoms with Crippen molar-refractivity contribution in [3.8, 4) is 5.88 Å². The molecule has 3 heterocycles. The maximum atomic E-state index is 11.3. The van der Waals surface area contributed by atoms with Crippen molar-refractivity contribution < 1.29 is 9.53 Å². The average molecular weight is 340 g/mol. The fourth-order valence-corrected chi connectivity index (χ4v) is 3.74. The van der Waals surface area contributed by atoms with Crippen LogP contribution in [0, 0.1) is 5.92 Å². The van der Waals surface area contributed by atoms with Crippen LogP contribution in [-0.2, 0) is 11.8 Å². The lowest BCUT2D eigenvalue weighted by Gasteiger charge is -2.15. The van der Waals surface area contributed by atoms with E-state index in [1.54, 1.807) is 0 Å². The van der Waals surface area contributed by atoms with Gasteiger partial charge in [0.1, 0.15) is 11.0 Å². The first kappa shape index (κ1) is 16.1. The zero-order valence-corrected chi connectivity index (χ0v) is 14.6. The number of hydrogen-bond donors (Lipinski definition) is 1. The molecular weight excluding hydrogens is 316 g/mol. The van der Waals surface area contributed by atoms with E-state index in [1.165, 1.54) is 18.4 Å². The van der Waals surface area contributed by atoms with Crippen LogP contribution in [0.25, 0.3) is 16.6 Å². The monoisotopic (exact) mass is 340 g/mol. The summed E-state index contributed by atoms with van der Waals surface area (Å²) in [6.45, 7) is 1.32. The highest BCUT2D eigenvalue weighted by atomic mass is 16.5. The molecule has 1 aliphatic carbocycles. The summed E-state index contributed by atoms with van der Waals surface area (Å²) >= 11 is 0. The van der Waals surface area contributed by atoms with Gasteiger partial charge in [0, 0.05) is 31.8 Å². The average Bonchev–Trinajstić information content (AvgIpc) is 3.22. The molecular formula is C19H24N4O2. The topological polar surface area (TPSA) is 69.0 Å². The van der Waals surface area contributed by atoms with Crippen molar-refractivity contribution in [1.29, 1.82) is 0 Å². The fourth-order valence-electron chi connectivity index (χ4n) is 3.74. The van der Waals surface area contributed by atoms with Gasteiger partial charge >= 0.3 is 0 Å². The van der Waals surface area contributed by atoms with E-state index < -0.39 is 0 Å². The summed E-state index contributed by atoms with van der Waals surface area (Å²) in [7, 11) is 1.97. The number of hydrogen-bond acceptors (Lipinski definition) is 4. The van der Waals surface area contributed by atoms with Crippen molar-refractivity contribution >= 4 is 22.5 Å². The van der Waals surface area contributed by atoms with E-state index in [0.29, 0.717) is 24.8 Å². The zero-order valence-electron chi connectivity index (χ0n) is 14.6. The van der Waals surface area contributed by atoms with Crippen molar-refractivity contribution in [3.05, 3.63) is 24.2 Å². The normalized spacial score (nSPS) is 20.6. The molecule has 4 rings (SSSR count). The van der Waals surface area contributed by atoms with Crippen LogP contribution in [-0.4, -0.2) is 33.6 Å². The van der Waals surface area contributed by atoms with E-state index in [9.17, 15) is 4.79 Å². The molecule has 1 N–H and O–H groups in total. The number of rotatable bonds is 5. The Labute approximate surface area is 147 Å². The first-order valence-electron chi connectivity index (χ1n) is 9.11. The molecule has 0 unspecified atom stereocenters. The van der Waals surface area contributed by atoms with E-state index in [0.717, 1.165) is 42.4 Å². The van der Waals surface area contributed by atoms with E-state index in [-0.39, 0.29) is 5.91 Å². The Hall–Kier alpha value is -2.37. The van der Waals surface area contributed by atoms with Gasteiger partial charge in [0.15, 0.2) is 0 Å². The number of carbonyl (C=O) groups excluding carboxylic acids is 1. The number of aromatic nitrogens is 3. The summed E-state index contributed by atoms with van der Waals surface area (Å²) in [6.07, 6.45) is 12.2. The van der Waals surface area contributed by atoms with Crippen molar-refractivity contribution in [2.45, 2.75) is 38.5 Å². The van der Waals surface area contributed by atoms with Gasteiger partial charge in [-0.25, -0.2) is 9.97 Å². The molecule has 6 heteroatoms. The second-order valence-corrected chi connectivity index (χ2v) is 7.02. The van der Waals surface area contributed by atoms with Gasteiger partial charge in [0.2, 0.25) is 11.8 Å². The molecule has 1 saturated heterocycles. The third kappa shape index (κ3) is 3.25. The molecule has 0 spiro atoms. The number of nitrogens with zero attached hydrogens (tertiary/aromatic N) is 3. The SMILES string of the molecule is Cn1cnc2c(C3=CCCCC3)cnc(OCC[C@H]3CNC(=O)C3)c21. The van der Waals surface area contributed by atoms with Crippen molar-refractivity contribution in [1.82, 2.24) is 19.9 Å². The highest BCUT2D eigenvalue weighted by molar-refractivity contribution is 5.91. The van der Waals surface area contributed by atoms with Crippen LogP contribution in [0.1, 0.15) is 44.1 Å². The molecule has 2 aromatic rings. The lowest BCUT2D eigenvalue weighted by Crippen LogP contribution is -2.14. The van der Waals surface area contributed by atoms with E-state index in [4.69, 9.17) is 4.74 Å². The van der Waals surface area contributed by atoms with Gasteiger partial charge in [-0.2, -0.15) is 0 Å². The molecule has 2 aromatic heterocycles. The summed E-state index contributed by atoms with van der Waals surface area (Å²) in [6, 6.07) is 0. The Morgan fingerprint density at radius 3 is 3.04 bits per heavy atom. The van der Waals surface area contributed by atoms with Crippen LogP contribution in [0.5, 0.6) is 5.88 Å². The van der Waals surface area contributed by atoms with Gasteiger partial charge in [-0.1, -0.05) is 6.08 Å². The second kappa shape index (κ2) is 6.86. The maximum Gasteiger partial charge on any atom is 0.240 e. The highest BCUT2D eigenvalue weighted by Crippen LogP contribution is 2.33. The summed E-state index contributed by atoms with van der Waals surface area (Å²) in [5.74, 6) is 1.14. The van der Waals surface area contributed by atoms with Gasteiger partial charge in [-0.05, 0) is 43.6 Å². The molecule has 25 heavy (non-hydrogen) atoms. The van der Waals surface area contributed by atoms with E-state index >= 15 is 0 Å². The summed E-state index contributed by atoms with van der Waals surface area (Å²) in [4.78, 5) is 20.5. The zero-order chi connectivity index (χ0) is 17.2. The Balaban J connectivity index is 1.54. The first-order valence-corrected chi connectivity index (χ1v) is 9.11. The molecule has 132 valence electrons. The van der Waals surface area contributed by atoms with Crippen molar-refractivity contribution in [2.24, 2.45) is 13.0 Å². The van der Waals surface area contributed by atoms with Crippen LogP contribution < -0.4 is 10.1 Å². The maximum absolute atomic E-state index is 11.3. The van der Waals surface area contributed by atoms with Gasteiger partial charge in [0.05, 0.1) is 12.9 Å². The number of allylic oxidation sites excluding steroid dienone is 2. The van der Waals surface area contributed by atoms with Crippen LogP contribution in [0.3, 0.4) is 0 Å². The highest BCUT2D eigenvalue weighted by Gasteiger charge is 2.22. The fraction of sp³-hybridized carbons (Fsp3) is 0.526. The number of aryl methyl sites for hydroxylation is 1. The lowest BCUT2D eigenvalue weighted by atomic mass is 9.94. The third-order valence-electron chi connectivity index (χ3n) is 5.17. The van der Waals surface area contributed by atoms with Gasteiger partial charge < -0.3 is 14.6 Å². The summed E-state index contributed by atoms with van der Waals surface area (Å²) < 4.78 is 7.94. The molecule has 2 aliphatic rings. The quantitative estimate of drug-likeness (QED) is 0.909. The van der Waals surface area contributed by atoms with Crippen LogP contribution >= 0.6 is 0 Å². The van der Waals surface area contributed by atoms with Crippen LogP contribution in [0.2, 0.25) is 0 Å². The second-order valence-electron chi connectivity index (χ2n) is 7.02. The minimum Gasteiger partial charge on any atom is -0.476 e. The van der Waals surface area contributed by atoms with Gasteiger partial charge in [-0.3, -0.25) is 4.79 Å². The Kier molecular flexibility index (Phi) is 4.42. The number of carbonyl (C=O) groups is 1. The van der Waals surface area contributed by atoms with E-state index in [2.05, 4.69) is 21.4 Å². The summed E-state index contributed by atoms with van der Waals surface area (Å²) in [5, 5.41) is 2.87. The molecule has 1 atom stereocenters. The molecule has 0 saturated carbocycles. The molecule has 1 fully saturated rings. The smallest absolute Gasteiger partial charge is 0.240 e. The molecule has 0 aromatic carbocycles. The number of amides is 1. The molecule has 0 bridgehead atoms.